The van der Waals surface area contributed by atoms with Crippen molar-refractivity contribution in [3.8, 4) is 11.8 Å². The summed E-state index contributed by atoms with van der Waals surface area (Å²) in [4.78, 5) is 0. The molecule has 0 aliphatic rings. The van der Waals surface area contributed by atoms with E-state index < -0.39 is 0 Å². The normalized spacial score (nSPS) is 12.8. The second-order valence-corrected chi connectivity index (χ2v) is 5.27. The van der Waals surface area contributed by atoms with Crippen LogP contribution in [0.1, 0.15) is 45.2 Å². The molecule has 1 aromatic carbocycles. The zero-order chi connectivity index (χ0) is 13.6. The third kappa shape index (κ3) is 4.38. The number of benzene rings is 1. The van der Waals surface area contributed by atoms with Crippen LogP contribution in [0.4, 0.5) is 0 Å². The van der Waals surface area contributed by atoms with E-state index in [1.54, 1.807) is 0 Å². The van der Waals surface area contributed by atoms with Gasteiger partial charge in [-0.3, -0.25) is 0 Å². The summed E-state index contributed by atoms with van der Waals surface area (Å²) in [6, 6.07) is 10.1. The van der Waals surface area contributed by atoms with Crippen molar-refractivity contribution in [1.29, 1.82) is 5.26 Å². The molecule has 0 amide bonds. The minimum atomic E-state index is -0.274. The number of hydrogen-bond acceptors (Lipinski definition) is 3. The number of hydrogen-bond donors (Lipinski definition) is 1. The summed E-state index contributed by atoms with van der Waals surface area (Å²) in [5.41, 5.74) is 6.64. The third-order valence-electron chi connectivity index (χ3n) is 2.92. The molecule has 18 heavy (non-hydrogen) atoms. The maximum absolute atomic E-state index is 8.92. The molecule has 0 radical (unpaired) electrons. The Balaban J connectivity index is 2.48. The van der Waals surface area contributed by atoms with Crippen molar-refractivity contribution in [3.05, 3.63) is 29.8 Å². The van der Waals surface area contributed by atoms with Crippen LogP contribution in [0.2, 0.25) is 0 Å². The van der Waals surface area contributed by atoms with Crippen LogP contribution in [0.3, 0.4) is 0 Å². The van der Waals surface area contributed by atoms with Gasteiger partial charge in [-0.05, 0) is 39.7 Å². The van der Waals surface area contributed by atoms with Crippen molar-refractivity contribution in [3.63, 3.8) is 0 Å². The van der Waals surface area contributed by atoms with E-state index >= 15 is 0 Å². The van der Waals surface area contributed by atoms with E-state index in [2.05, 4.69) is 6.07 Å². The molecule has 0 aromatic heterocycles. The molecule has 0 heterocycles. The van der Waals surface area contributed by atoms with Gasteiger partial charge in [0.05, 0.1) is 18.1 Å². The van der Waals surface area contributed by atoms with Gasteiger partial charge in [0.1, 0.15) is 5.75 Å². The van der Waals surface area contributed by atoms with Crippen LogP contribution >= 0.6 is 0 Å². The third-order valence-corrected chi connectivity index (χ3v) is 2.92. The summed E-state index contributed by atoms with van der Waals surface area (Å²) >= 11 is 0. The second-order valence-electron chi connectivity index (χ2n) is 5.27. The van der Waals surface area contributed by atoms with Gasteiger partial charge in [-0.15, -0.1) is 0 Å². The standard InChI is InChI=1S/C15H22N2O/c1-12(17)13-7-4-5-8-14(13)18-10-6-9-15(2,3)11-16/h4-5,7-8,12H,6,9-10,17H2,1-3H3. The highest BCUT2D eigenvalue weighted by Crippen LogP contribution is 2.24. The summed E-state index contributed by atoms with van der Waals surface area (Å²) in [6.45, 7) is 6.46. The Morgan fingerprint density at radius 2 is 2.06 bits per heavy atom. The van der Waals surface area contributed by atoms with Crippen LogP contribution in [0.15, 0.2) is 24.3 Å². The van der Waals surface area contributed by atoms with Crippen molar-refractivity contribution >= 4 is 0 Å². The minimum Gasteiger partial charge on any atom is -0.493 e. The van der Waals surface area contributed by atoms with Gasteiger partial charge in [-0.2, -0.15) is 5.26 Å². The minimum absolute atomic E-state index is 0.0308. The Morgan fingerprint density at radius 3 is 2.67 bits per heavy atom. The lowest BCUT2D eigenvalue weighted by Crippen LogP contribution is -2.11. The molecule has 0 fully saturated rings. The van der Waals surface area contributed by atoms with Crippen LogP contribution in [-0.2, 0) is 0 Å². The summed E-state index contributed by atoms with van der Waals surface area (Å²) in [5.74, 6) is 0.849. The zero-order valence-corrected chi connectivity index (χ0v) is 11.4. The SMILES string of the molecule is CC(N)c1ccccc1OCCCC(C)(C)C#N. The number of nitrogens with zero attached hydrogens (tertiary/aromatic N) is 1. The molecule has 2 N–H and O–H groups in total. The first-order valence-electron chi connectivity index (χ1n) is 6.35. The number of nitrogens with two attached hydrogens (primary N) is 1. The summed E-state index contributed by atoms with van der Waals surface area (Å²) in [6.07, 6.45) is 1.71. The van der Waals surface area contributed by atoms with Gasteiger partial charge in [0.25, 0.3) is 0 Å². The van der Waals surface area contributed by atoms with Gasteiger partial charge < -0.3 is 10.5 Å². The first-order valence-corrected chi connectivity index (χ1v) is 6.35. The lowest BCUT2D eigenvalue weighted by molar-refractivity contribution is 0.281. The lowest BCUT2D eigenvalue weighted by Gasteiger charge is -2.16. The van der Waals surface area contributed by atoms with E-state index in [4.69, 9.17) is 15.7 Å². The van der Waals surface area contributed by atoms with Crippen LogP contribution in [-0.4, -0.2) is 6.61 Å². The first-order chi connectivity index (χ1) is 8.46. The first kappa shape index (κ1) is 14.5. The molecule has 3 heteroatoms. The fraction of sp³-hybridized carbons (Fsp3) is 0.533. The van der Waals surface area contributed by atoms with Crippen LogP contribution < -0.4 is 10.5 Å². The maximum Gasteiger partial charge on any atom is 0.124 e. The van der Waals surface area contributed by atoms with E-state index in [1.165, 1.54) is 0 Å². The molecule has 1 unspecified atom stereocenters. The molecule has 0 bridgehead atoms. The van der Waals surface area contributed by atoms with Gasteiger partial charge >= 0.3 is 0 Å². The number of rotatable bonds is 6. The summed E-state index contributed by atoms with van der Waals surface area (Å²) in [5, 5.41) is 8.92. The zero-order valence-electron chi connectivity index (χ0n) is 11.4. The van der Waals surface area contributed by atoms with Crippen LogP contribution in [0, 0.1) is 16.7 Å². The molecule has 1 aromatic rings. The van der Waals surface area contributed by atoms with E-state index in [1.807, 2.05) is 45.0 Å². The fourth-order valence-electron chi connectivity index (χ4n) is 1.74. The highest BCUT2D eigenvalue weighted by atomic mass is 16.5. The number of ether oxygens (including phenoxy) is 1. The Labute approximate surface area is 110 Å². The molecule has 3 nitrogen and oxygen atoms in total. The van der Waals surface area contributed by atoms with Crippen molar-refractivity contribution in [2.45, 2.75) is 39.7 Å². The fourth-order valence-corrected chi connectivity index (χ4v) is 1.74. The van der Waals surface area contributed by atoms with Gasteiger partial charge in [-0.25, -0.2) is 0 Å². The topological polar surface area (TPSA) is 59.0 Å². The summed E-state index contributed by atoms with van der Waals surface area (Å²) in [7, 11) is 0. The average molecular weight is 246 g/mol. The molecular weight excluding hydrogens is 224 g/mol. The molecule has 0 aliphatic carbocycles. The maximum atomic E-state index is 8.92. The average Bonchev–Trinajstić information content (AvgIpc) is 2.35. The van der Waals surface area contributed by atoms with E-state index in [9.17, 15) is 0 Å². The van der Waals surface area contributed by atoms with Gasteiger partial charge in [0.2, 0.25) is 0 Å². The Hall–Kier alpha value is -1.53. The van der Waals surface area contributed by atoms with Crippen molar-refractivity contribution in [2.24, 2.45) is 11.1 Å². The molecule has 1 atom stereocenters. The van der Waals surface area contributed by atoms with E-state index in [0.717, 1.165) is 24.2 Å². The van der Waals surface area contributed by atoms with Gasteiger partial charge in [0, 0.05) is 11.6 Å². The van der Waals surface area contributed by atoms with E-state index in [0.29, 0.717) is 6.61 Å². The molecule has 0 saturated carbocycles. The molecule has 0 aliphatic heterocycles. The number of para-hydroxylation sites is 1. The Bertz CT molecular complexity index is 419. The molecule has 1 rings (SSSR count). The lowest BCUT2D eigenvalue weighted by atomic mass is 9.90. The van der Waals surface area contributed by atoms with Crippen molar-refractivity contribution in [2.75, 3.05) is 6.61 Å². The highest BCUT2D eigenvalue weighted by Gasteiger charge is 2.16. The van der Waals surface area contributed by atoms with Crippen molar-refractivity contribution in [1.82, 2.24) is 0 Å². The Morgan fingerprint density at radius 1 is 1.39 bits per heavy atom. The van der Waals surface area contributed by atoms with E-state index in [-0.39, 0.29) is 11.5 Å². The van der Waals surface area contributed by atoms with Gasteiger partial charge in [-0.1, -0.05) is 18.2 Å². The predicted octanol–water partition coefficient (Wildman–Crippen LogP) is 3.42. The quantitative estimate of drug-likeness (QED) is 0.782. The molecule has 0 spiro atoms. The molecule has 98 valence electrons. The predicted molar refractivity (Wildman–Crippen MR) is 73.2 cm³/mol. The van der Waals surface area contributed by atoms with Crippen molar-refractivity contribution < 1.29 is 4.74 Å². The Kier molecular flexibility index (Phi) is 5.18. The monoisotopic (exact) mass is 246 g/mol. The smallest absolute Gasteiger partial charge is 0.124 e. The van der Waals surface area contributed by atoms with Gasteiger partial charge in [0.15, 0.2) is 0 Å². The number of nitriles is 1. The van der Waals surface area contributed by atoms with Crippen LogP contribution in [0.25, 0.3) is 0 Å². The molecular formula is C15H22N2O. The highest BCUT2D eigenvalue weighted by molar-refractivity contribution is 5.35. The van der Waals surface area contributed by atoms with Crippen LogP contribution in [0.5, 0.6) is 5.75 Å². The molecule has 0 saturated heterocycles. The largest absolute Gasteiger partial charge is 0.493 e. The summed E-state index contributed by atoms with van der Waals surface area (Å²) < 4.78 is 5.75. The second kappa shape index (κ2) is 6.42.